The van der Waals surface area contributed by atoms with E-state index < -0.39 is 28.6 Å². The summed E-state index contributed by atoms with van der Waals surface area (Å²) < 4.78 is 49.2. The Balaban J connectivity index is 1.85. The molecule has 8 nitrogen and oxygen atoms in total. The van der Waals surface area contributed by atoms with Gasteiger partial charge in [-0.2, -0.15) is 5.10 Å². The largest absolute Gasteiger partial charge is 0.494 e. The van der Waals surface area contributed by atoms with Gasteiger partial charge >= 0.3 is 5.97 Å². The lowest BCUT2D eigenvalue weighted by atomic mass is 9.73. The number of methoxy groups -OCH3 is 3. The standard InChI is InChI=1S/C29H33F2N3O5/c1-28(2,15-37-3)26-22(16-8-10-29(39-5,11-9-16)27(35)36)23-20(12-17-14-32-33-25(17)24(23)31)34(26)18-6-7-19(30)21(13-18)38-4/h6-7,12-14,16H,8-11,15H2,1-5H3,(H,32,33)(H,35,36). The second-order valence-electron chi connectivity index (χ2n) is 10.9. The van der Waals surface area contributed by atoms with Crippen LogP contribution in [0.4, 0.5) is 8.78 Å². The molecule has 0 atom stereocenters. The van der Waals surface area contributed by atoms with Gasteiger partial charge < -0.3 is 23.9 Å². The number of fused-ring (bicyclic) bond motifs is 2. The molecule has 10 heteroatoms. The fraction of sp³-hybridized carbons (Fsp3) is 0.448. The van der Waals surface area contributed by atoms with Crippen molar-refractivity contribution in [3.8, 4) is 11.4 Å². The summed E-state index contributed by atoms with van der Waals surface area (Å²) >= 11 is 0. The number of aromatic nitrogens is 3. The van der Waals surface area contributed by atoms with E-state index in [0.717, 1.165) is 11.3 Å². The van der Waals surface area contributed by atoms with Gasteiger partial charge in [0.15, 0.2) is 23.0 Å². The summed E-state index contributed by atoms with van der Waals surface area (Å²) in [6, 6.07) is 6.46. The summed E-state index contributed by atoms with van der Waals surface area (Å²) in [6.07, 6.45) is 3.13. The van der Waals surface area contributed by atoms with Crippen LogP contribution in [0.1, 0.15) is 56.7 Å². The van der Waals surface area contributed by atoms with E-state index in [0.29, 0.717) is 59.8 Å². The molecule has 1 aliphatic carbocycles. The number of hydrogen-bond acceptors (Lipinski definition) is 5. The number of carbonyl (C=O) groups is 1. The fourth-order valence-electron chi connectivity index (χ4n) is 6.26. The molecule has 0 bridgehead atoms. The molecule has 0 spiro atoms. The molecule has 0 saturated heterocycles. The second kappa shape index (κ2) is 9.91. The third-order valence-electron chi connectivity index (χ3n) is 8.17. The maximum atomic E-state index is 16.4. The number of carboxylic acid groups (broad SMARTS) is 1. The van der Waals surface area contributed by atoms with Crippen molar-refractivity contribution < 1.29 is 32.9 Å². The van der Waals surface area contributed by atoms with Crippen molar-refractivity contribution >= 4 is 27.8 Å². The van der Waals surface area contributed by atoms with Gasteiger partial charge in [-0.25, -0.2) is 13.6 Å². The first-order valence-corrected chi connectivity index (χ1v) is 12.9. The molecule has 1 saturated carbocycles. The van der Waals surface area contributed by atoms with Gasteiger partial charge in [0.2, 0.25) is 0 Å². The van der Waals surface area contributed by atoms with Crippen LogP contribution in [0.3, 0.4) is 0 Å². The molecule has 0 aliphatic heterocycles. The number of benzene rings is 2. The summed E-state index contributed by atoms with van der Waals surface area (Å²) in [5, 5.41) is 17.7. The Morgan fingerprint density at radius 2 is 1.92 bits per heavy atom. The molecule has 4 aromatic rings. The quantitative estimate of drug-likeness (QED) is 0.291. The Bertz CT molecular complexity index is 1550. The zero-order valence-electron chi connectivity index (χ0n) is 22.7. The number of aliphatic carboxylic acids is 1. The van der Waals surface area contributed by atoms with Gasteiger partial charge in [-0.15, -0.1) is 0 Å². The molecule has 208 valence electrons. The minimum Gasteiger partial charge on any atom is -0.494 e. The van der Waals surface area contributed by atoms with Gasteiger partial charge in [-0.05, 0) is 55.4 Å². The number of ether oxygens (including phenoxy) is 3. The molecule has 1 aliphatic rings. The smallest absolute Gasteiger partial charge is 0.335 e. The van der Waals surface area contributed by atoms with Crippen molar-refractivity contribution in [1.82, 2.24) is 14.8 Å². The maximum absolute atomic E-state index is 16.4. The highest BCUT2D eigenvalue weighted by molar-refractivity contribution is 6.00. The number of rotatable bonds is 8. The van der Waals surface area contributed by atoms with Crippen molar-refractivity contribution in [2.24, 2.45) is 0 Å². The molecule has 2 aromatic carbocycles. The summed E-state index contributed by atoms with van der Waals surface area (Å²) in [5.41, 5.74) is 1.24. The van der Waals surface area contributed by atoms with Crippen LogP contribution in [0.2, 0.25) is 0 Å². The number of nitrogens with zero attached hydrogens (tertiary/aromatic N) is 2. The van der Waals surface area contributed by atoms with E-state index in [9.17, 15) is 14.3 Å². The summed E-state index contributed by atoms with van der Waals surface area (Å²) in [5.74, 6) is -2.01. The molecule has 39 heavy (non-hydrogen) atoms. The van der Waals surface area contributed by atoms with Crippen molar-refractivity contribution in [1.29, 1.82) is 0 Å². The second-order valence-corrected chi connectivity index (χ2v) is 10.9. The number of hydrogen-bond donors (Lipinski definition) is 2. The molecule has 5 rings (SSSR count). The van der Waals surface area contributed by atoms with E-state index >= 15 is 4.39 Å². The van der Waals surface area contributed by atoms with Gasteiger partial charge in [0.1, 0.15) is 5.52 Å². The summed E-state index contributed by atoms with van der Waals surface area (Å²) in [7, 11) is 4.44. The molecule has 2 heterocycles. The predicted molar refractivity (Wildman–Crippen MR) is 143 cm³/mol. The molecule has 0 amide bonds. The van der Waals surface area contributed by atoms with Crippen LogP contribution in [0.5, 0.6) is 5.75 Å². The Hall–Kier alpha value is -3.50. The fourth-order valence-corrected chi connectivity index (χ4v) is 6.26. The lowest BCUT2D eigenvalue weighted by Gasteiger charge is -2.37. The third-order valence-corrected chi connectivity index (χ3v) is 8.17. The van der Waals surface area contributed by atoms with Gasteiger partial charge in [0.05, 0.1) is 25.4 Å². The van der Waals surface area contributed by atoms with Crippen LogP contribution in [-0.2, 0) is 19.7 Å². The highest BCUT2D eigenvalue weighted by Gasteiger charge is 2.45. The normalized spacial score (nSPS) is 20.1. The monoisotopic (exact) mass is 541 g/mol. The van der Waals surface area contributed by atoms with Crippen molar-refractivity contribution in [2.45, 2.75) is 56.5 Å². The number of halogens is 2. The molecular weight excluding hydrogens is 508 g/mol. The minimum absolute atomic E-state index is 0.0697. The minimum atomic E-state index is -1.27. The number of carboxylic acids is 1. The molecule has 2 aromatic heterocycles. The predicted octanol–water partition coefficient (Wildman–Crippen LogP) is 5.85. The average Bonchev–Trinajstić information content (AvgIpc) is 3.53. The first-order valence-electron chi connectivity index (χ1n) is 12.9. The lowest BCUT2D eigenvalue weighted by Crippen LogP contribution is -2.43. The molecule has 0 radical (unpaired) electrons. The van der Waals surface area contributed by atoms with Crippen molar-refractivity contribution in [2.75, 3.05) is 27.9 Å². The number of nitrogens with one attached hydrogen (secondary N) is 1. The van der Waals surface area contributed by atoms with E-state index in [4.69, 9.17) is 14.2 Å². The van der Waals surface area contributed by atoms with Crippen LogP contribution in [0.25, 0.3) is 27.5 Å². The maximum Gasteiger partial charge on any atom is 0.335 e. The number of aromatic amines is 1. The Labute approximate surface area is 224 Å². The van der Waals surface area contributed by atoms with Crippen LogP contribution in [0.15, 0.2) is 30.5 Å². The van der Waals surface area contributed by atoms with E-state index in [1.54, 1.807) is 25.4 Å². The van der Waals surface area contributed by atoms with E-state index in [1.807, 2.05) is 24.5 Å². The first kappa shape index (κ1) is 27.1. The molecule has 0 unspecified atom stereocenters. The van der Waals surface area contributed by atoms with Crippen molar-refractivity contribution in [3.05, 3.63) is 53.4 Å². The number of H-pyrrole nitrogens is 1. The van der Waals surface area contributed by atoms with Gasteiger partial charge in [-0.1, -0.05) is 13.8 Å². The van der Waals surface area contributed by atoms with Gasteiger partial charge in [0, 0.05) is 47.9 Å². The van der Waals surface area contributed by atoms with E-state index in [-0.39, 0.29) is 11.7 Å². The third kappa shape index (κ3) is 4.26. The SMILES string of the molecule is COCC(C)(C)c1c(C2CCC(OC)(C(=O)O)CC2)c2c(F)c3[nH]ncc3cc2n1-c1ccc(F)c(OC)c1. The summed E-state index contributed by atoms with van der Waals surface area (Å²) in [6.45, 7) is 4.38. The van der Waals surface area contributed by atoms with Crippen molar-refractivity contribution in [3.63, 3.8) is 0 Å². The van der Waals surface area contributed by atoms with Crippen LogP contribution in [0, 0.1) is 11.6 Å². The Morgan fingerprint density at radius 1 is 1.21 bits per heavy atom. The summed E-state index contributed by atoms with van der Waals surface area (Å²) in [4.78, 5) is 12.1. The van der Waals surface area contributed by atoms with E-state index in [2.05, 4.69) is 10.2 Å². The van der Waals surface area contributed by atoms with Gasteiger partial charge in [-0.3, -0.25) is 5.10 Å². The highest BCUT2D eigenvalue weighted by Crippen LogP contribution is 2.49. The highest BCUT2D eigenvalue weighted by atomic mass is 19.1. The van der Waals surface area contributed by atoms with Crippen LogP contribution < -0.4 is 4.74 Å². The first-order chi connectivity index (χ1) is 18.6. The molecule has 1 fully saturated rings. The van der Waals surface area contributed by atoms with E-state index in [1.165, 1.54) is 20.3 Å². The average molecular weight is 542 g/mol. The lowest BCUT2D eigenvalue weighted by molar-refractivity contribution is -0.166. The molecule has 2 N–H and O–H groups in total. The van der Waals surface area contributed by atoms with Gasteiger partial charge in [0.25, 0.3) is 0 Å². The molecular formula is C29H33F2N3O5. The zero-order valence-corrected chi connectivity index (χ0v) is 22.7. The topological polar surface area (TPSA) is 98.6 Å². The Morgan fingerprint density at radius 3 is 2.54 bits per heavy atom. The Kier molecular flexibility index (Phi) is 6.88. The zero-order chi connectivity index (χ0) is 28.1. The van der Waals surface area contributed by atoms with Crippen LogP contribution >= 0.6 is 0 Å². The van der Waals surface area contributed by atoms with Crippen LogP contribution in [-0.4, -0.2) is 59.4 Å².